The van der Waals surface area contributed by atoms with Crippen LogP contribution in [-0.2, 0) is 21.0 Å². The second-order valence-electron chi connectivity index (χ2n) is 6.18. The number of aliphatic imine (C=N–C) groups is 1. The molecule has 2 heterocycles. The normalized spacial score (nSPS) is 22.5. The van der Waals surface area contributed by atoms with Gasteiger partial charge < -0.3 is 15.1 Å². The van der Waals surface area contributed by atoms with E-state index in [1.54, 1.807) is 24.0 Å². The van der Waals surface area contributed by atoms with Crippen molar-refractivity contribution >= 4 is 29.3 Å². The van der Waals surface area contributed by atoms with Crippen LogP contribution >= 0.6 is 11.6 Å². The molecule has 2 atom stereocenters. The van der Waals surface area contributed by atoms with Gasteiger partial charge in [-0.25, -0.2) is 4.99 Å². The minimum absolute atomic E-state index is 0.0938. The van der Waals surface area contributed by atoms with Crippen molar-refractivity contribution in [2.75, 3.05) is 6.54 Å². The summed E-state index contributed by atoms with van der Waals surface area (Å²) in [5, 5.41) is 3.56. The molecule has 0 aromatic heterocycles. The highest BCUT2D eigenvalue weighted by atomic mass is 35.5. The molecule has 7 nitrogen and oxygen atoms in total. The monoisotopic (exact) mass is 364 g/mol. The topological polar surface area (TPSA) is 83.0 Å². The summed E-state index contributed by atoms with van der Waals surface area (Å²) in [7, 11) is 0. The number of hydroxylamine groups is 1. The van der Waals surface area contributed by atoms with E-state index in [1.165, 1.54) is 0 Å². The number of hydrogen-bond acceptors (Lipinski definition) is 5. The fraction of sp³-hybridized carbons (Fsp3) is 0.471. The Morgan fingerprint density at radius 3 is 2.84 bits per heavy atom. The third-order valence-electron chi connectivity index (χ3n) is 4.30. The molecule has 1 fully saturated rings. The van der Waals surface area contributed by atoms with E-state index in [0.717, 1.165) is 12.0 Å². The van der Waals surface area contributed by atoms with Crippen LogP contribution in [0.4, 0.5) is 0 Å². The molecule has 8 heteroatoms. The lowest BCUT2D eigenvalue weighted by Crippen LogP contribution is -2.46. The van der Waals surface area contributed by atoms with Crippen molar-refractivity contribution in [1.29, 1.82) is 0 Å². The lowest BCUT2D eigenvalue weighted by molar-refractivity contribution is -0.139. The molecule has 1 aromatic rings. The second-order valence-corrected chi connectivity index (χ2v) is 6.61. The number of nitrogens with zero attached hydrogens (tertiary/aromatic N) is 2. The molecular formula is C17H21ClN4O3. The lowest BCUT2D eigenvalue weighted by atomic mass is 10.1. The van der Waals surface area contributed by atoms with Crippen LogP contribution in [0.5, 0.6) is 0 Å². The summed E-state index contributed by atoms with van der Waals surface area (Å²) in [5.41, 5.74) is 3.66. The molecule has 0 spiro atoms. The fourth-order valence-corrected chi connectivity index (χ4v) is 3.17. The summed E-state index contributed by atoms with van der Waals surface area (Å²) in [6.07, 6.45) is 1.29. The molecular weight excluding hydrogens is 344 g/mol. The van der Waals surface area contributed by atoms with Crippen LogP contribution in [0.2, 0.25) is 5.02 Å². The van der Waals surface area contributed by atoms with Gasteiger partial charge in [-0.2, -0.15) is 0 Å². The van der Waals surface area contributed by atoms with Crippen LogP contribution < -0.4 is 10.8 Å². The average molecular weight is 365 g/mol. The summed E-state index contributed by atoms with van der Waals surface area (Å²) in [5.74, 6) is 0.288. The van der Waals surface area contributed by atoms with Crippen molar-refractivity contribution in [2.45, 2.75) is 44.9 Å². The molecule has 0 saturated carbocycles. The number of amides is 2. The number of likely N-dealkylation sites (tertiary alicyclic amines) is 1. The average Bonchev–Trinajstić information content (AvgIpc) is 3.23. The van der Waals surface area contributed by atoms with Crippen molar-refractivity contribution in [3.05, 3.63) is 34.9 Å². The van der Waals surface area contributed by atoms with E-state index in [-0.39, 0.29) is 24.4 Å². The molecule has 0 aliphatic carbocycles. The largest absolute Gasteiger partial charge is 0.392 e. The molecule has 0 bridgehead atoms. The van der Waals surface area contributed by atoms with Gasteiger partial charge in [0.25, 0.3) is 0 Å². The minimum Gasteiger partial charge on any atom is -0.392 e. The number of benzene rings is 1. The van der Waals surface area contributed by atoms with Crippen molar-refractivity contribution in [3.8, 4) is 0 Å². The van der Waals surface area contributed by atoms with Crippen LogP contribution in [0.15, 0.2) is 29.3 Å². The van der Waals surface area contributed by atoms with Gasteiger partial charge in [-0.15, -0.1) is 5.48 Å². The van der Waals surface area contributed by atoms with Crippen LogP contribution in [-0.4, -0.2) is 41.4 Å². The second kappa shape index (κ2) is 7.84. The van der Waals surface area contributed by atoms with Crippen molar-refractivity contribution < 1.29 is 14.4 Å². The highest BCUT2D eigenvalue weighted by Crippen LogP contribution is 2.20. The minimum atomic E-state index is -0.424. The van der Waals surface area contributed by atoms with Gasteiger partial charge in [0.1, 0.15) is 12.2 Å². The van der Waals surface area contributed by atoms with E-state index in [1.807, 2.05) is 12.1 Å². The van der Waals surface area contributed by atoms with Gasteiger partial charge in [0.2, 0.25) is 17.7 Å². The van der Waals surface area contributed by atoms with Crippen molar-refractivity contribution in [2.24, 2.45) is 4.99 Å². The Kier molecular flexibility index (Phi) is 5.55. The van der Waals surface area contributed by atoms with Gasteiger partial charge in [0.15, 0.2) is 0 Å². The van der Waals surface area contributed by atoms with Gasteiger partial charge in [-0.05, 0) is 30.5 Å². The fourth-order valence-electron chi connectivity index (χ4n) is 3.04. The Labute approximate surface area is 151 Å². The molecule has 134 valence electrons. The van der Waals surface area contributed by atoms with Gasteiger partial charge in [0.05, 0.1) is 6.42 Å². The number of halogens is 1. The Hall–Kier alpha value is -2.12. The number of carbonyl (C=O) groups excluding carboxylic acids is 2. The van der Waals surface area contributed by atoms with E-state index in [2.05, 4.69) is 15.8 Å². The number of nitrogens with one attached hydrogen (secondary N) is 2. The van der Waals surface area contributed by atoms with Crippen LogP contribution in [0, 0.1) is 0 Å². The third kappa shape index (κ3) is 4.49. The molecule has 2 unspecified atom stereocenters. The molecule has 1 aromatic carbocycles. The van der Waals surface area contributed by atoms with Gasteiger partial charge in [-0.3, -0.25) is 9.59 Å². The third-order valence-corrected chi connectivity index (χ3v) is 4.56. The first-order chi connectivity index (χ1) is 12.0. The summed E-state index contributed by atoms with van der Waals surface area (Å²) in [6.45, 7) is 2.73. The van der Waals surface area contributed by atoms with E-state index in [9.17, 15) is 9.59 Å². The van der Waals surface area contributed by atoms with Crippen LogP contribution in [0.3, 0.4) is 0 Å². The Morgan fingerprint density at radius 2 is 2.16 bits per heavy atom. The van der Waals surface area contributed by atoms with Crippen LogP contribution in [0.1, 0.15) is 31.7 Å². The van der Waals surface area contributed by atoms with Crippen molar-refractivity contribution in [3.63, 3.8) is 0 Å². The molecule has 0 radical (unpaired) electrons. The first-order valence-electron chi connectivity index (χ1n) is 8.31. The zero-order valence-electron chi connectivity index (χ0n) is 14.0. The summed E-state index contributed by atoms with van der Waals surface area (Å²) in [4.78, 5) is 35.8. The lowest BCUT2D eigenvalue weighted by Gasteiger charge is -2.24. The highest BCUT2D eigenvalue weighted by molar-refractivity contribution is 6.30. The van der Waals surface area contributed by atoms with Gasteiger partial charge >= 0.3 is 0 Å². The maximum absolute atomic E-state index is 12.5. The van der Waals surface area contributed by atoms with Crippen LogP contribution in [0.25, 0.3) is 0 Å². The Morgan fingerprint density at radius 1 is 1.40 bits per heavy atom. The zero-order chi connectivity index (χ0) is 17.8. The molecule has 25 heavy (non-hydrogen) atoms. The maximum atomic E-state index is 12.5. The first-order valence-corrected chi connectivity index (χ1v) is 8.69. The molecule has 2 N–H and O–H groups in total. The summed E-state index contributed by atoms with van der Waals surface area (Å²) >= 11 is 5.86. The number of hydrogen-bond donors (Lipinski definition) is 2. The highest BCUT2D eigenvalue weighted by Gasteiger charge is 2.35. The predicted molar refractivity (Wildman–Crippen MR) is 93.8 cm³/mol. The molecule has 3 rings (SSSR count). The standard InChI is InChI=1S/C17H21ClN4O3/c1-11-20-15(21-25-11)9-16(23)22-8-2-3-14(22)17(24)19-10-12-4-6-13(18)7-5-12/h4-7,14-15,21H,2-3,8-10H2,1H3,(H,19,24). The maximum Gasteiger partial charge on any atom is 0.243 e. The Balaban J connectivity index is 1.54. The number of carbonyl (C=O) groups is 2. The SMILES string of the molecule is CC1=NC(CC(=O)N2CCCC2C(=O)NCc2ccc(Cl)cc2)NO1. The van der Waals surface area contributed by atoms with E-state index >= 15 is 0 Å². The Bertz CT molecular complexity index is 677. The molecule has 2 aliphatic heterocycles. The van der Waals surface area contributed by atoms with Crippen molar-refractivity contribution in [1.82, 2.24) is 15.7 Å². The smallest absolute Gasteiger partial charge is 0.243 e. The quantitative estimate of drug-likeness (QED) is 0.831. The summed E-state index contributed by atoms with van der Waals surface area (Å²) in [6, 6.07) is 6.88. The molecule has 1 saturated heterocycles. The molecule has 2 aliphatic rings. The first kappa shape index (κ1) is 17.7. The molecule has 2 amide bonds. The predicted octanol–water partition coefficient (Wildman–Crippen LogP) is 1.62. The van der Waals surface area contributed by atoms with E-state index in [0.29, 0.717) is 30.4 Å². The van der Waals surface area contributed by atoms with Gasteiger partial charge in [0, 0.05) is 25.0 Å². The van der Waals surface area contributed by atoms with E-state index in [4.69, 9.17) is 16.4 Å². The van der Waals surface area contributed by atoms with E-state index < -0.39 is 6.04 Å². The zero-order valence-corrected chi connectivity index (χ0v) is 14.8. The summed E-state index contributed by atoms with van der Waals surface area (Å²) < 4.78 is 0. The van der Waals surface area contributed by atoms with Gasteiger partial charge in [-0.1, -0.05) is 23.7 Å². The number of rotatable bonds is 5.